The fourth-order valence-corrected chi connectivity index (χ4v) is 4.31. The summed E-state index contributed by atoms with van der Waals surface area (Å²) in [6.07, 6.45) is 0. The third kappa shape index (κ3) is 4.52. The molecule has 0 aromatic heterocycles. The Morgan fingerprint density at radius 2 is 1.44 bits per heavy atom. The molecule has 0 radical (unpaired) electrons. The van der Waals surface area contributed by atoms with Crippen LogP contribution in [-0.2, 0) is 15.1 Å². The summed E-state index contributed by atoms with van der Waals surface area (Å²) in [6.45, 7) is -0.498. The number of anilines is 1. The number of ether oxygens (including phenoxy) is 3. The molecule has 1 aliphatic rings. The first-order valence-corrected chi connectivity index (χ1v) is 11.3. The van der Waals surface area contributed by atoms with E-state index < -0.39 is 29.9 Å². The number of nitrogens with zero attached hydrogens (tertiary/aromatic N) is 1. The van der Waals surface area contributed by atoms with Gasteiger partial charge in [0.05, 0.1) is 26.4 Å². The van der Waals surface area contributed by atoms with Crippen molar-refractivity contribution in [3.8, 4) is 17.2 Å². The molecule has 0 unspecified atom stereocenters. The molecule has 0 atom stereocenters. The van der Waals surface area contributed by atoms with Crippen molar-refractivity contribution in [2.45, 2.75) is 5.54 Å². The zero-order valence-corrected chi connectivity index (χ0v) is 20.6. The molecule has 3 aromatic rings. The Morgan fingerprint density at radius 3 is 1.92 bits per heavy atom. The Balaban J connectivity index is 1.65. The van der Waals surface area contributed by atoms with Gasteiger partial charge in [-0.1, -0.05) is 35.9 Å². The van der Waals surface area contributed by atoms with Crippen molar-refractivity contribution in [2.75, 3.05) is 33.2 Å². The molecule has 1 heterocycles. The second kappa shape index (κ2) is 10.2. The molecule has 2 N–H and O–H groups in total. The third-order valence-electron chi connectivity index (χ3n) is 5.89. The Labute approximate surface area is 212 Å². The van der Waals surface area contributed by atoms with Crippen molar-refractivity contribution in [1.82, 2.24) is 10.2 Å². The van der Waals surface area contributed by atoms with Crippen LogP contribution in [0.15, 0.2) is 66.7 Å². The lowest BCUT2D eigenvalue weighted by Crippen LogP contribution is -2.45. The molecule has 10 heteroatoms. The van der Waals surface area contributed by atoms with E-state index in [2.05, 4.69) is 10.6 Å². The molecule has 36 heavy (non-hydrogen) atoms. The van der Waals surface area contributed by atoms with Gasteiger partial charge < -0.3 is 24.8 Å². The minimum Gasteiger partial charge on any atom is -0.497 e. The number of carbonyl (C=O) groups excluding carboxylic acids is 3. The number of benzene rings is 3. The highest BCUT2D eigenvalue weighted by Gasteiger charge is 2.54. The largest absolute Gasteiger partial charge is 0.497 e. The van der Waals surface area contributed by atoms with Gasteiger partial charge in [0, 0.05) is 5.69 Å². The minimum absolute atomic E-state index is 0.309. The average molecular weight is 510 g/mol. The van der Waals surface area contributed by atoms with Crippen molar-refractivity contribution in [3.05, 3.63) is 82.9 Å². The summed E-state index contributed by atoms with van der Waals surface area (Å²) >= 11 is 6.12. The minimum atomic E-state index is -1.54. The van der Waals surface area contributed by atoms with Gasteiger partial charge in [0.25, 0.3) is 5.91 Å². The smallest absolute Gasteiger partial charge is 0.326 e. The van der Waals surface area contributed by atoms with Crippen molar-refractivity contribution in [2.24, 2.45) is 0 Å². The SMILES string of the molecule is COc1ccc(C2(c3ccc(OC)cc3)NC(=O)N(CC(=O)Nc3ccc(OC)c(Cl)c3)C2=O)cc1. The van der Waals surface area contributed by atoms with E-state index in [1.165, 1.54) is 27.4 Å². The van der Waals surface area contributed by atoms with Crippen LogP contribution in [0.2, 0.25) is 5.02 Å². The fraction of sp³-hybridized carbons (Fsp3) is 0.192. The standard InChI is InChI=1S/C26H24ClN3O6/c1-34-19-9-4-16(5-10-19)26(17-6-11-20(35-2)12-7-17)24(32)30(25(33)29-26)15-23(31)28-18-8-13-22(36-3)21(27)14-18/h4-14H,15H2,1-3H3,(H,28,31)(H,29,33). The molecule has 9 nitrogen and oxygen atoms in total. The molecule has 0 aliphatic carbocycles. The monoisotopic (exact) mass is 509 g/mol. The number of urea groups is 1. The van der Waals surface area contributed by atoms with Gasteiger partial charge in [-0.3, -0.25) is 14.5 Å². The zero-order valence-electron chi connectivity index (χ0n) is 19.8. The zero-order chi connectivity index (χ0) is 25.9. The number of methoxy groups -OCH3 is 3. The van der Waals surface area contributed by atoms with Crippen molar-refractivity contribution >= 4 is 35.1 Å². The fourth-order valence-electron chi connectivity index (χ4n) is 4.05. The summed E-state index contributed by atoms with van der Waals surface area (Å²) in [5, 5.41) is 5.77. The van der Waals surface area contributed by atoms with Gasteiger partial charge in [-0.2, -0.15) is 0 Å². The van der Waals surface area contributed by atoms with E-state index in [9.17, 15) is 14.4 Å². The van der Waals surface area contributed by atoms with Crippen molar-refractivity contribution < 1.29 is 28.6 Å². The Morgan fingerprint density at radius 1 is 0.889 bits per heavy atom. The molecule has 186 valence electrons. The van der Waals surface area contributed by atoms with Gasteiger partial charge in [-0.15, -0.1) is 0 Å². The number of hydrogen-bond donors (Lipinski definition) is 2. The molecule has 0 saturated carbocycles. The van der Waals surface area contributed by atoms with Crippen LogP contribution < -0.4 is 24.8 Å². The quantitative estimate of drug-likeness (QED) is 0.447. The third-order valence-corrected chi connectivity index (χ3v) is 6.18. The van der Waals surface area contributed by atoms with Gasteiger partial charge >= 0.3 is 6.03 Å². The van der Waals surface area contributed by atoms with Crippen molar-refractivity contribution in [3.63, 3.8) is 0 Å². The maximum atomic E-state index is 13.8. The maximum absolute atomic E-state index is 13.8. The van der Waals surface area contributed by atoms with Gasteiger partial charge in [-0.05, 0) is 53.6 Å². The van der Waals surface area contributed by atoms with E-state index in [1.807, 2.05) is 0 Å². The highest BCUT2D eigenvalue weighted by molar-refractivity contribution is 6.32. The highest BCUT2D eigenvalue weighted by atomic mass is 35.5. The van der Waals surface area contributed by atoms with Crippen LogP contribution in [0.5, 0.6) is 17.2 Å². The summed E-state index contributed by atoms with van der Waals surface area (Å²) < 4.78 is 15.6. The second-order valence-corrected chi connectivity index (χ2v) is 8.33. The van der Waals surface area contributed by atoms with Crippen LogP contribution in [-0.4, -0.2) is 50.6 Å². The summed E-state index contributed by atoms with van der Waals surface area (Å²) in [7, 11) is 4.55. The molecule has 4 amide bonds. The van der Waals surface area contributed by atoms with Crippen LogP contribution in [0, 0.1) is 0 Å². The Bertz CT molecular complexity index is 1250. The second-order valence-electron chi connectivity index (χ2n) is 7.93. The van der Waals surface area contributed by atoms with Gasteiger partial charge in [-0.25, -0.2) is 4.79 Å². The molecule has 1 aliphatic heterocycles. The van der Waals surface area contributed by atoms with E-state index in [1.54, 1.807) is 60.7 Å². The van der Waals surface area contributed by atoms with Crippen molar-refractivity contribution in [1.29, 1.82) is 0 Å². The number of rotatable bonds is 8. The van der Waals surface area contributed by atoms with E-state index in [-0.39, 0.29) is 0 Å². The molecule has 1 saturated heterocycles. The number of halogens is 1. The molecule has 0 spiro atoms. The number of imide groups is 1. The predicted molar refractivity (Wildman–Crippen MR) is 134 cm³/mol. The van der Waals surface area contributed by atoms with Crippen LogP contribution in [0.4, 0.5) is 10.5 Å². The van der Waals surface area contributed by atoms with Gasteiger partial charge in [0.15, 0.2) is 5.54 Å². The summed E-state index contributed by atoms with van der Waals surface area (Å²) in [4.78, 5) is 40.5. The molecular weight excluding hydrogens is 486 g/mol. The normalized spacial score (nSPS) is 14.3. The number of hydrogen-bond acceptors (Lipinski definition) is 6. The summed E-state index contributed by atoms with van der Waals surface area (Å²) in [5.41, 5.74) is -0.123. The first-order valence-electron chi connectivity index (χ1n) is 10.9. The highest BCUT2D eigenvalue weighted by Crippen LogP contribution is 2.37. The lowest BCUT2D eigenvalue weighted by Gasteiger charge is -2.28. The van der Waals surface area contributed by atoms with Gasteiger partial charge in [0.2, 0.25) is 5.91 Å². The van der Waals surface area contributed by atoms with Crippen LogP contribution in [0.3, 0.4) is 0 Å². The van der Waals surface area contributed by atoms with Crippen LogP contribution in [0.25, 0.3) is 0 Å². The molecule has 1 fully saturated rings. The Hall–Kier alpha value is -4.24. The lowest BCUT2D eigenvalue weighted by atomic mass is 9.82. The summed E-state index contributed by atoms with van der Waals surface area (Å²) in [6, 6.07) is 17.6. The number of nitrogens with one attached hydrogen (secondary N) is 2. The molecule has 3 aromatic carbocycles. The van der Waals surface area contributed by atoms with E-state index >= 15 is 0 Å². The average Bonchev–Trinajstić information content (AvgIpc) is 3.14. The first-order chi connectivity index (χ1) is 17.3. The van der Waals surface area contributed by atoms with Gasteiger partial charge in [0.1, 0.15) is 23.8 Å². The Kier molecular flexibility index (Phi) is 7.03. The number of amides is 4. The predicted octanol–water partition coefficient (Wildman–Crippen LogP) is 3.80. The summed E-state index contributed by atoms with van der Waals surface area (Å²) in [5.74, 6) is 0.475. The van der Waals surface area contributed by atoms with E-state index in [0.717, 1.165) is 4.90 Å². The van der Waals surface area contributed by atoms with Crippen LogP contribution in [0.1, 0.15) is 11.1 Å². The number of carbonyl (C=O) groups is 3. The molecular formula is C26H24ClN3O6. The molecule has 4 rings (SSSR count). The topological polar surface area (TPSA) is 106 Å². The first kappa shape index (κ1) is 24.9. The molecule has 0 bridgehead atoms. The van der Waals surface area contributed by atoms with E-state index in [4.69, 9.17) is 25.8 Å². The maximum Gasteiger partial charge on any atom is 0.326 e. The van der Waals surface area contributed by atoms with Crippen LogP contribution >= 0.6 is 11.6 Å². The lowest BCUT2D eigenvalue weighted by molar-refractivity contribution is -0.133. The van der Waals surface area contributed by atoms with E-state index in [0.29, 0.717) is 39.1 Å².